The van der Waals surface area contributed by atoms with E-state index in [9.17, 15) is 0 Å². The van der Waals surface area contributed by atoms with Gasteiger partial charge in [0.1, 0.15) is 0 Å². The topological polar surface area (TPSA) is 32.5 Å². The predicted octanol–water partition coefficient (Wildman–Crippen LogP) is 2.72. The number of likely N-dealkylation sites (N-methyl/N-ethyl adjacent to an activating group) is 2. The van der Waals surface area contributed by atoms with E-state index in [4.69, 9.17) is 5.73 Å². The highest BCUT2D eigenvalue weighted by Crippen LogP contribution is 2.38. The van der Waals surface area contributed by atoms with Crippen molar-refractivity contribution < 1.29 is 0 Å². The summed E-state index contributed by atoms with van der Waals surface area (Å²) in [6.07, 6.45) is 3.95. The molecule has 1 aromatic rings. The molecule has 0 spiro atoms. The Morgan fingerprint density at radius 1 is 1.10 bits per heavy atom. The molecule has 118 valence electrons. The second-order valence-electron chi connectivity index (χ2n) is 7.06. The van der Waals surface area contributed by atoms with Gasteiger partial charge in [0.2, 0.25) is 0 Å². The highest BCUT2D eigenvalue weighted by Gasteiger charge is 2.40. The van der Waals surface area contributed by atoms with Crippen molar-refractivity contribution in [1.29, 1.82) is 0 Å². The average Bonchev–Trinajstić information content (AvgIpc) is 2.33. The monoisotopic (exact) mass is 289 g/mol. The number of benzene rings is 1. The average molecular weight is 289 g/mol. The fourth-order valence-electron chi connectivity index (χ4n) is 3.68. The number of aryl methyl sites for hydroxylation is 2. The molecule has 1 aliphatic carbocycles. The minimum atomic E-state index is 0.307. The number of nitrogens with two attached hydrogens (primary N) is 1. The van der Waals surface area contributed by atoms with Crippen LogP contribution in [0.5, 0.6) is 0 Å². The zero-order chi connectivity index (χ0) is 15.6. The Labute approximate surface area is 130 Å². The first-order valence-corrected chi connectivity index (χ1v) is 8.04. The molecular formula is C18H31N3. The molecule has 2 N–H and O–H groups in total. The van der Waals surface area contributed by atoms with Gasteiger partial charge in [-0.2, -0.15) is 0 Å². The molecule has 1 unspecified atom stereocenters. The first kappa shape index (κ1) is 16.5. The molecule has 3 nitrogen and oxygen atoms in total. The Kier molecular flexibility index (Phi) is 5.07. The lowest BCUT2D eigenvalue weighted by molar-refractivity contribution is 0.0168. The molecule has 0 radical (unpaired) electrons. The number of hydrogen-bond donors (Lipinski definition) is 1. The van der Waals surface area contributed by atoms with Crippen LogP contribution in [0.15, 0.2) is 18.2 Å². The van der Waals surface area contributed by atoms with Crippen LogP contribution in [0.25, 0.3) is 0 Å². The Hall–Kier alpha value is -0.900. The highest BCUT2D eigenvalue weighted by molar-refractivity contribution is 5.31. The van der Waals surface area contributed by atoms with Crippen molar-refractivity contribution in [2.24, 2.45) is 5.73 Å². The predicted molar refractivity (Wildman–Crippen MR) is 90.6 cm³/mol. The molecule has 3 heteroatoms. The van der Waals surface area contributed by atoms with Crippen molar-refractivity contribution in [2.45, 2.75) is 44.7 Å². The summed E-state index contributed by atoms with van der Waals surface area (Å²) in [6, 6.07) is 7.10. The molecule has 0 heterocycles. The summed E-state index contributed by atoms with van der Waals surface area (Å²) in [5, 5.41) is 0. The third-order valence-electron chi connectivity index (χ3n) is 5.16. The minimum absolute atomic E-state index is 0.307. The van der Waals surface area contributed by atoms with Crippen LogP contribution >= 0.6 is 0 Å². The molecule has 0 bridgehead atoms. The van der Waals surface area contributed by atoms with Crippen molar-refractivity contribution >= 4 is 0 Å². The highest BCUT2D eigenvalue weighted by atomic mass is 15.2. The third-order valence-corrected chi connectivity index (χ3v) is 5.16. The minimum Gasteiger partial charge on any atom is -0.329 e. The maximum Gasteiger partial charge on any atom is 0.0468 e. The molecule has 21 heavy (non-hydrogen) atoms. The van der Waals surface area contributed by atoms with Crippen LogP contribution < -0.4 is 5.73 Å². The van der Waals surface area contributed by atoms with Crippen LogP contribution in [0, 0.1) is 13.8 Å². The molecule has 0 aliphatic heterocycles. The summed E-state index contributed by atoms with van der Waals surface area (Å²) in [5.74, 6) is 0. The summed E-state index contributed by atoms with van der Waals surface area (Å²) in [6.45, 7) is 6.09. The van der Waals surface area contributed by atoms with E-state index in [2.05, 4.69) is 63.0 Å². The van der Waals surface area contributed by atoms with E-state index < -0.39 is 0 Å². The first-order chi connectivity index (χ1) is 9.88. The van der Waals surface area contributed by atoms with Gasteiger partial charge in [-0.1, -0.05) is 29.3 Å². The normalized spacial score (nSPS) is 18.9. The standard InChI is InChI=1S/C18H31N3/c1-14-9-15(2)11-16(10-14)17(12-19)21(5)13-18(20(3)4)7-6-8-18/h9-11,17H,6-8,12-13,19H2,1-5H3. The van der Waals surface area contributed by atoms with Gasteiger partial charge in [-0.25, -0.2) is 0 Å². The van der Waals surface area contributed by atoms with Gasteiger partial charge in [0.25, 0.3) is 0 Å². The fourth-order valence-corrected chi connectivity index (χ4v) is 3.68. The summed E-state index contributed by atoms with van der Waals surface area (Å²) in [4.78, 5) is 4.86. The van der Waals surface area contributed by atoms with E-state index in [0.29, 0.717) is 18.1 Å². The van der Waals surface area contributed by atoms with Gasteiger partial charge in [0.15, 0.2) is 0 Å². The summed E-state index contributed by atoms with van der Waals surface area (Å²) in [7, 11) is 6.64. The van der Waals surface area contributed by atoms with Crippen molar-refractivity contribution in [3.8, 4) is 0 Å². The molecule has 1 aromatic carbocycles. The van der Waals surface area contributed by atoms with Gasteiger partial charge in [-0.15, -0.1) is 0 Å². The van der Waals surface area contributed by atoms with E-state index in [1.54, 1.807) is 0 Å². The zero-order valence-corrected chi connectivity index (χ0v) is 14.3. The number of hydrogen-bond acceptors (Lipinski definition) is 3. The van der Waals surface area contributed by atoms with Gasteiger partial charge in [0.05, 0.1) is 0 Å². The number of nitrogens with zero attached hydrogens (tertiary/aromatic N) is 2. The van der Waals surface area contributed by atoms with E-state index in [0.717, 1.165) is 6.54 Å². The molecule has 0 saturated heterocycles. The van der Waals surface area contributed by atoms with Crippen LogP contribution in [0.4, 0.5) is 0 Å². The molecule has 2 rings (SSSR count). The quantitative estimate of drug-likeness (QED) is 0.874. The first-order valence-electron chi connectivity index (χ1n) is 8.04. The zero-order valence-electron chi connectivity index (χ0n) is 14.3. The smallest absolute Gasteiger partial charge is 0.0468 e. The van der Waals surface area contributed by atoms with Crippen LogP contribution in [0.2, 0.25) is 0 Å². The van der Waals surface area contributed by atoms with E-state index in [-0.39, 0.29) is 0 Å². The van der Waals surface area contributed by atoms with E-state index >= 15 is 0 Å². The van der Waals surface area contributed by atoms with Crippen LogP contribution in [-0.4, -0.2) is 49.6 Å². The van der Waals surface area contributed by atoms with Crippen LogP contribution in [-0.2, 0) is 0 Å². The second-order valence-corrected chi connectivity index (χ2v) is 7.06. The molecule has 0 aromatic heterocycles. The lowest BCUT2D eigenvalue weighted by atomic mass is 9.75. The maximum absolute atomic E-state index is 6.11. The fraction of sp³-hybridized carbons (Fsp3) is 0.667. The molecule has 1 aliphatic rings. The van der Waals surface area contributed by atoms with Crippen molar-refractivity contribution in [3.63, 3.8) is 0 Å². The van der Waals surface area contributed by atoms with E-state index in [1.165, 1.54) is 36.0 Å². The summed E-state index contributed by atoms with van der Waals surface area (Å²) < 4.78 is 0. The van der Waals surface area contributed by atoms with E-state index in [1.807, 2.05) is 0 Å². The second kappa shape index (κ2) is 6.47. The van der Waals surface area contributed by atoms with Crippen molar-refractivity contribution in [3.05, 3.63) is 34.9 Å². The lowest BCUT2D eigenvalue weighted by Gasteiger charge is -2.50. The maximum atomic E-state index is 6.11. The molecule has 0 amide bonds. The molecule has 1 fully saturated rings. The Balaban J connectivity index is 2.16. The Bertz CT molecular complexity index is 457. The number of rotatable bonds is 6. The molecular weight excluding hydrogens is 258 g/mol. The van der Waals surface area contributed by atoms with Crippen LogP contribution in [0.3, 0.4) is 0 Å². The lowest BCUT2D eigenvalue weighted by Crippen LogP contribution is -2.57. The van der Waals surface area contributed by atoms with Gasteiger partial charge in [-0.05, 0) is 59.8 Å². The third kappa shape index (κ3) is 3.47. The van der Waals surface area contributed by atoms with Crippen LogP contribution in [0.1, 0.15) is 42.0 Å². The summed E-state index contributed by atoms with van der Waals surface area (Å²) in [5.41, 5.74) is 10.4. The van der Waals surface area contributed by atoms with Gasteiger partial charge >= 0.3 is 0 Å². The van der Waals surface area contributed by atoms with Gasteiger partial charge < -0.3 is 10.6 Å². The molecule has 1 atom stereocenters. The Morgan fingerprint density at radius 2 is 1.67 bits per heavy atom. The largest absolute Gasteiger partial charge is 0.329 e. The Morgan fingerprint density at radius 3 is 2.05 bits per heavy atom. The van der Waals surface area contributed by atoms with Crippen molar-refractivity contribution in [2.75, 3.05) is 34.2 Å². The van der Waals surface area contributed by atoms with Gasteiger partial charge in [0, 0.05) is 24.7 Å². The SMILES string of the molecule is Cc1cc(C)cc(C(CN)N(C)CC2(N(C)C)CCC2)c1. The summed E-state index contributed by atoms with van der Waals surface area (Å²) >= 11 is 0. The molecule has 1 saturated carbocycles. The van der Waals surface area contributed by atoms with Gasteiger partial charge in [-0.3, -0.25) is 4.90 Å². The van der Waals surface area contributed by atoms with Crippen molar-refractivity contribution in [1.82, 2.24) is 9.80 Å².